The first-order valence-electron chi connectivity index (χ1n) is 13.9. The zero-order chi connectivity index (χ0) is 36.4. The summed E-state index contributed by atoms with van der Waals surface area (Å²) in [5, 5.41) is 5.80. The number of amides is 3. The van der Waals surface area contributed by atoms with Gasteiger partial charge in [-0.2, -0.15) is 31.3 Å². The van der Waals surface area contributed by atoms with Gasteiger partial charge in [-0.15, -0.1) is 18.3 Å². The summed E-state index contributed by atoms with van der Waals surface area (Å²) in [6.07, 6.45) is -13.9. The van der Waals surface area contributed by atoms with Crippen LogP contribution < -0.4 is 19.7 Å². The Morgan fingerprint density at radius 3 is 2.42 bits per heavy atom. The summed E-state index contributed by atoms with van der Waals surface area (Å²) in [7, 11) is 0. The lowest BCUT2D eigenvalue weighted by atomic mass is 10.1. The topological polar surface area (TPSA) is 124 Å². The molecule has 0 unspecified atom stereocenters. The Morgan fingerprint density at radius 2 is 1.76 bits per heavy atom. The average Bonchev–Trinajstić information content (AvgIpc) is 3.63. The van der Waals surface area contributed by atoms with Gasteiger partial charge in [0.2, 0.25) is 5.91 Å². The van der Waals surface area contributed by atoms with Crippen molar-refractivity contribution >= 4 is 40.2 Å². The SMILES string of the molecule is Cc1ccc(OCCC(F)(F)F)c(N2C(=O)CSC2=NC(=O)Nc2ccc(-c3ncn(-c4ccc(OC(F)(F)F)cn4)n3)cc2C(F)(F)F)c1. The molecule has 1 N–H and O–H groups in total. The number of aryl methyl sites for hydroxylation is 1. The van der Waals surface area contributed by atoms with Crippen LogP contribution in [0.5, 0.6) is 11.5 Å². The second kappa shape index (κ2) is 13.9. The monoisotopic (exact) mass is 733 g/mol. The molecule has 0 atom stereocenters. The minimum Gasteiger partial charge on any atom is -0.491 e. The maximum absolute atomic E-state index is 14.1. The third kappa shape index (κ3) is 9.01. The van der Waals surface area contributed by atoms with Crippen LogP contribution in [0.3, 0.4) is 0 Å². The van der Waals surface area contributed by atoms with Crippen LogP contribution in [0.2, 0.25) is 0 Å². The molecule has 1 fully saturated rings. The number of aliphatic imine (C=N–C) groups is 1. The summed E-state index contributed by atoms with van der Waals surface area (Å²) in [5.41, 5.74) is -1.63. The van der Waals surface area contributed by atoms with Crippen LogP contribution in [0.4, 0.5) is 55.7 Å². The number of hydrogen-bond donors (Lipinski definition) is 1. The molecule has 0 spiro atoms. The molecule has 21 heteroatoms. The lowest BCUT2D eigenvalue weighted by molar-refractivity contribution is -0.274. The van der Waals surface area contributed by atoms with Crippen LogP contribution in [-0.4, -0.2) is 61.8 Å². The Morgan fingerprint density at radius 1 is 1.00 bits per heavy atom. The van der Waals surface area contributed by atoms with Crippen LogP contribution in [0.15, 0.2) is 66.0 Å². The van der Waals surface area contributed by atoms with E-state index in [0.29, 0.717) is 11.6 Å². The number of benzene rings is 2. The Balaban J connectivity index is 1.37. The first kappa shape index (κ1) is 36.0. The van der Waals surface area contributed by atoms with E-state index in [0.717, 1.165) is 58.1 Å². The molecular formula is C29H20F9N7O4S. The van der Waals surface area contributed by atoms with Gasteiger partial charge < -0.3 is 14.8 Å². The summed E-state index contributed by atoms with van der Waals surface area (Å²) in [6, 6.07) is 7.76. The number of rotatable bonds is 8. The maximum atomic E-state index is 14.1. The van der Waals surface area contributed by atoms with Crippen molar-refractivity contribution in [1.29, 1.82) is 0 Å². The van der Waals surface area contributed by atoms with Gasteiger partial charge in [-0.3, -0.25) is 9.69 Å². The molecule has 0 aliphatic carbocycles. The third-order valence-corrected chi connectivity index (χ3v) is 7.39. The molecule has 0 radical (unpaired) electrons. The van der Waals surface area contributed by atoms with Gasteiger partial charge in [0, 0.05) is 5.56 Å². The van der Waals surface area contributed by atoms with Crippen molar-refractivity contribution in [3.05, 3.63) is 72.2 Å². The average molecular weight is 734 g/mol. The number of thioether (sulfide) groups is 1. The predicted molar refractivity (Wildman–Crippen MR) is 160 cm³/mol. The number of aromatic nitrogens is 4. The van der Waals surface area contributed by atoms with Crippen LogP contribution in [-0.2, 0) is 11.0 Å². The van der Waals surface area contributed by atoms with Crippen molar-refractivity contribution in [1.82, 2.24) is 19.7 Å². The Kier molecular flexibility index (Phi) is 9.98. The molecule has 1 saturated heterocycles. The molecule has 5 rings (SSSR count). The smallest absolute Gasteiger partial charge is 0.491 e. The number of carbonyl (C=O) groups is 2. The largest absolute Gasteiger partial charge is 0.573 e. The van der Waals surface area contributed by atoms with Crippen molar-refractivity contribution < 1.29 is 58.6 Å². The zero-order valence-corrected chi connectivity index (χ0v) is 25.8. The highest BCUT2D eigenvalue weighted by atomic mass is 32.2. The molecular weight excluding hydrogens is 713 g/mol. The fourth-order valence-corrected chi connectivity index (χ4v) is 5.21. The number of pyridine rings is 1. The van der Waals surface area contributed by atoms with Gasteiger partial charge in [-0.1, -0.05) is 17.8 Å². The summed E-state index contributed by atoms with van der Waals surface area (Å²) in [5.74, 6) is -1.82. The third-order valence-electron chi connectivity index (χ3n) is 6.47. The fourth-order valence-electron chi connectivity index (χ4n) is 4.35. The number of alkyl halides is 9. The van der Waals surface area contributed by atoms with E-state index in [-0.39, 0.29) is 39.6 Å². The highest BCUT2D eigenvalue weighted by Crippen LogP contribution is 2.38. The second-order valence-electron chi connectivity index (χ2n) is 10.2. The number of urea groups is 1. The van der Waals surface area contributed by atoms with Crippen molar-refractivity contribution in [3.8, 4) is 28.7 Å². The molecule has 1 aliphatic heterocycles. The highest BCUT2D eigenvalue weighted by Gasteiger charge is 2.36. The van der Waals surface area contributed by atoms with E-state index in [2.05, 4.69) is 24.8 Å². The summed E-state index contributed by atoms with van der Waals surface area (Å²) in [6.45, 7) is 0.867. The number of amidine groups is 1. The van der Waals surface area contributed by atoms with Gasteiger partial charge in [0.15, 0.2) is 16.8 Å². The minimum atomic E-state index is -5.02. The summed E-state index contributed by atoms with van der Waals surface area (Å²) >= 11 is 0.775. The van der Waals surface area contributed by atoms with Crippen LogP contribution >= 0.6 is 11.8 Å². The molecule has 3 amide bonds. The number of nitrogens with zero attached hydrogens (tertiary/aromatic N) is 6. The molecule has 0 bridgehead atoms. The molecule has 2 aromatic carbocycles. The molecule has 50 heavy (non-hydrogen) atoms. The van der Waals surface area contributed by atoms with E-state index in [1.807, 2.05) is 5.32 Å². The molecule has 2 aromatic heterocycles. The molecule has 11 nitrogen and oxygen atoms in total. The van der Waals surface area contributed by atoms with Crippen molar-refractivity contribution in [3.63, 3.8) is 0 Å². The van der Waals surface area contributed by atoms with Gasteiger partial charge in [0.1, 0.15) is 17.8 Å². The zero-order valence-electron chi connectivity index (χ0n) is 25.0. The van der Waals surface area contributed by atoms with Crippen LogP contribution in [0, 0.1) is 6.92 Å². The van der Waals surface area contributed by atoms with E-state index in [1.54, 1.807) is 6.92 Å². The maximum Gasteiger partial charge on any atom is 0.573 e. The van der Waals surface area contributed by atoms with Crippen molar-refractivity contribution in [2.24, 2.45) is 4.99 Å². The Hall–Kier alpha value is -5.34. The van der Waals surface area contributed by atoms with Gasteiger partial charge in [0.25, 0.3) is 0 Å². The minimum absolute atomic E-state index is 0.0122. The molecule has 4 aromatic rings. The molecule has 0 saturated carbocycles. The number of hydrogen-bond acceptors (Lipinski definition) is 8. The fraction of sp³-hybridized carbons (Fsp3) is 0.241. The van der Waals surface area contributed by atoms with E-state index in [9.17, 15) is 49.1 Å². The van der Waals surface area contributed by atoms with Crippen LogP contribution in [0.1, 0.15) is 17.5 Å². The second-order valence-corrected chi connectivity index (χ2v) is 11.1. The van der Waals surface area contributed by atoms with Gasteiger partial charge in [-0.05, 0) is 55.0 Å². The number of halogens is 9. The molecule has 3 heterocycles. The number of anilines is 2. The van der Waals surface area contributed by atoms with Gasteiger partial charge in [0.05, 0.1) is 41.9 Å². The standard InChI is InChI=1S/C29H20F9N7O4S/c1-15-2-6-21(48-9-8-27(30,31)32)20(10-15)45-23(46)13-50-26(45)42-25(47)41-19-5-3-16(11-18(19)28(33,34)35)24-40-14-44(43-24)22-7-4-17(12-39-22)49-29(36,37)38/h2-7,10-12,14H,8-9,13H2,1H3,(H,41,47). The van der Waals surface area contributed by atoms with E-state index in [1.165, 1.54) is 18.2 Å². The Labute approximate surface area is 279 Å². The molecule has 1 aliphatic rings. The van der Waals surface area contributed by atoms with Gasteiger partial charge >= 0.3 is 24.7 Å². The lowest BCUT2D eigenvalue weighted by Gasteiger charge is -2.21. The lowest BCUT2D eigenvalue weighted by Crippen LogP contribution is -2.31. The van der Waals surface area contributed by atoms with Crippen LogP contribution in [0.25, 0.3) is 17.2 Å². The predicted octanol–water partition coefficient (Wildman–Crippen LogP) is 7.55. The molecule has 264 valence electrons. The van der Waals surface area contributed by atoms with E-state index >= 15 is 0 Å². The van der Waals surface area contributed by atoms with Gasteiger partial charge in [-0.25, -0.2) is 19.4 Å². The summed E-state index contributed by atoms with van der Waals surface area (Å²) < 4.78 is 128. The number of nitrogens with one attached hydrogen (secondary N) is 1. The Bertz CT molecular complexity index is 1930. The highest BCUT2D eigenvalue weighted by molar-refractivity contribution is 8.15. The number of carbonyl (C=O) groups excluding carboxylic acids is 2. The number of ether oxygens (including phenoxy) is 2. The summed E-state index contributed by atoms with van der Waals surface area (Å²) in [4.78, 5) is 38.1. The van der Waals surface area contributed by atoms with Crippen molar-refractivity contribution in [2.75, 3.05) is 22.6 Å². The van der Waals surface area contributed by atoms with E-state index in [4.69, 9.17) is 4.74 Å². The van der Waals surface area contributed by atoms with Crippen molar-refractivity contribution in [2.45, 2.75) is 32.1 Å². The normalized spacial score (nSPS) is 14.7. The first-order chi connectivity index (χ1) is 23.4. The first-order valence-corrected chi connectivity index (χ1v) is 14.9. The quantitative estimate of drug-likeness (QED) is 0.184. The van der Waals surface area contributed by atoms with E-state index < -0.39 is 60.7 Å².